The molecule has 0 fully saturated rings. The minimum Gasteiger partial charge on any atom is -0.388 e. The summed E-state index contributed by atoms with van der Waals surface area (Å²) in [5.41, 5.74) is 5.14. The zero-order valence-corrected chi connectivity index (χ0v) is 14.3. The van der Waals surface area contributed by atoms with Crippen LogP contribution in [0.1, 0.15) is 41.5 Å². The van der Waals surface area contributed by atoms with E-state index in [0.717, 1.165) is 18.5 Å². The van der Waals surface area contributed by atoms with Crippen molar-refractivity contribution in [1.29, 1.82) is 0 Å². The molecule has 0 amide bonds. The number of hydrogen-bond acceptors (Lipinski definition) is 2. The highest BCUT2D eigenvalue weighted by molar-refractivity contribution is 6.42. The van der Waals surface area contributed by atoms with Gasteiger partial charge in [0.2, 0.25) is 0 Å². The molecule has 0 aromatic heterocycles. The van der Waals surface area contributed by atoms with E-state index in [-0.39, 0.29) is 0 Å². The van der Waals surface area contributed by atoms with Gasteiger partial charge in [0, 0.05) is 24.7 Å². The van der Waals surface area contributed by atoms with E-state index in [9.17, 15) is 0 Å². The van der Waals surface area contributed by atoms with Gasteiger partial charge in [0.05, 0.1) is 10.0 Å². The summed E-state index contributed by atoms with van der Waals surface area (Å²) < 4.78 is 0. The number of benzene rings is 2. The highest BCUT2D eigenvalue weighted by Gasteiger charge is 2.27. The SMILES string of the molecule is CNc1ccc2c(c1)[C@@H](NC)CC[C@H]2c1ccc(Cl)c(Cl)c1. The van der Waals surface area contributed by atoms with Crippen LogP contribution < -0.4 is 10.6 Å². The third-order valence-corrected chi connectivity index (χ3v) is 5.30. The fourth-order valence-electron chi connectivity index (χ4n) is 3.37. The van der Waals surface area contributed by atoms with Crippen LogP contribution in [-0.2, 0) is 0 Å². The number of nitrogens with one attached hydrogen (secondary N) is 2. The Balaban J connectivity index is 2.06. The van der Waals surface area contributed by atoms with Crippen LogP contribution in [0.3, 0.4) is 0 Å². The smallest absolute Gasteiger partial charge is 0.0595 e. The van der Waals surface area contributed by atoms with Gasteiger partial charge >= 0.3 is 0 Å². The van der Waals surface area contributed by atoms with E-state index in [1.54, 1.807) is 0 Å². The lowest BCUT2D eigenvalue weighted by Gasteiger charge is -2.32. The van der Waals surface area contributed by atoms with Crippen molar-refractivity contribution in [2.75, 3.05) is 19.4 Å². The number of rotatable bonds is 3. The summed E-state index contributed by atoms with van der Waals surface area (Å²) in [6.45, 7) is 0. The molecule has 0 bridgehead atoms. The quantitative estimate of drug-likeness (QED) is 0.803. The summed E-state index contributed by atoms with van der Waals surface area (Å²) in [5.74, 6) is 0.375. The molecule has 0 radical (unpaired) electrons. The molecule has 22 heavy (non-hydrogen) atoms. The van der Waals surface area contributed by atoms with Crippen molar-refractivity contribution >= 4 is 28.9 Å². The fraction of sp³-hybridized carbons (Fsp3) is 0.333. The molecule has 2 atom stereocenters. The van der Waals surface area contributed by atoms with Gasteiger partial charge in [-0.3, -0.25) is 0 Å². The van der Waals surface area contributed by atoms with Crippen molar-refractivity contribution in [3.05, 3.63) is 63.1 Å². The molecule has 0 aliphatic heterocycles. The second kappa shape index (κ2) is 6.49. The maximum Gasteiger partial charge on any atom is 0.0595 e. The number of fused-ring (bicyclic) bond motifs is 1. The molecular weight excluding hydrogens is 315 g/mol. The Morgan fingerprint density at radius 1 is 0.909 bits per heavy atom. The van der Waals surface area contributed by atoms with Gasteiger partial charge in [-0.25, -0.2) is 0 Å². The van der Waals surface area contributed by atoms with Gasteiger partial charge in [0.25, 0.3) is 0 Å². The maximum atomic E-state index is 6.21. The third-order valence-electron chi connectivity index (χ3n) is 4.56. The summed E-state index contributed by atoms with van der Waals surface area (Å²) in [7, 11) is 3.98. The predicted molar refractivity (Wildman–Crippen MR) is 95.3 cm³/mol. The molecule has 2 N–H and O–H groups in total. The Kier molecular flexibility index (Phi) is 4.62. The van der Waals surface area contributed by atoms with Crippen molar-refractivity contribution in [3.63, 3.8) is 0 Å². The molecular formula is C18H20Cl2N2. The number of anilines is 1. The molecule has 1 aliphatic carbocycles. The molecule has 3 rings (SSSR count). The summed E-state index contributed by atoms with van der Waals surface area (Å²) >= 11 is 12.3. The van der Waals surface area contributed by atoms with E-state index >= 15 is 0 Å². The van der Waals surface area contributed by atoms with E-state index in [4.69, 9.17) is 23.2 Å². The van der Waals surface area contributed by atoms with Gasteiger partial charge in [0.15, 0.2) is 0 Å². The minimum absolute atomic E-state index is 0.375. The van der Waals surface area contributed by atoms with Crippen LogP contribution in [0.4, 0.5) is 5.69 Å². The Morgan fingerprint density at radius 2 is 1.73 bits per heavy atom. The lowest BCUT2D eigenvalue weighted by molar-refractivity contribution is 0.471. The zero-order chi connectivity index (χ0) is 15.7. The third kappa shape index (κ3) is 2.83. The second-order valence-electron chi connectivity index (χ2n) is 5.74. The molecule has 2 nitrogen and oxygen atoms in total. The van der Waals surface area contributed by atoms with Gasteiger partial charge < -0.3 is 10.6 Å². The average Bonchev–Trinajstić information content (AvgIpc) is 2.55. The van der Waals surface area contributed by atoms with Crippen molar-refractivity contribution in [3.8, 4) is 0 Å². The Morgan fingerprint density at radius 3 is 2.41 bits per heavy atom. The number of halogens is 2. The zero-order valence-electron chi connectivity index (χ0n) is 12.8. The number of hydrogen-bond donors (Lipinski definition) is 2. The van der Waals surface area contributed by atoms with Crippen molar-refractivity contribution in [2.45, 2.75) is 24.8 Å². The Labute approximate surface area is 141 Å². The molecule has 1 aliphatic rings. The first-order valence-electron chi connectivity index (χ1n) is 7.58. The van der Waals surface area contributed by atoms with Gasteiger partial charge in [-0.2, -0.15) is 0 Å². The molecule has 0 heterocycles. The maximum absolute atomic E-state index is 6.21. The van der Waals surface area contributed by atoms with Crippen LogP contribution >= 0.6 is 23.2 Å². The van der Waals surface area contributed by atoms with E-state index in [1.807, 2.05) is 26.2 Å². The first-order chi connectivity index (χ1) is 10.6. The molecule has 2 aromatic carbocycles. The molecule has 4 heteroatoms. The Bertz CT molecular complexity index is 685. The molecule has 116 valence electrons. The van der Waals surface area contributed by atoms with Crippen LogP contribution in [-0.4, -0.2) is 14.1 Å². The lowest BCUT2D eigenvalue weighted by atomic mass is 9.76. The van der Waals surface area contributed by atoms with Crippen LogP contribution in [0, 0.1) is 0 Å². The first kappa shape index (κ1) is 15.7. The average molecular weight is 335 g/mol. The molecule has 0 spiro atoms. The molecule has 2 aromatic rings. The van der Waals surface area contributed by atoms with Crippen molar-refractivity contribution in [1.82, 2.24) is 5.32 Å². The monoisotopic (exact) mass is 334 g/mol. The predicted octanol–water partition coefficient (Wildman–Crippen LogP) is 5.22. The largest absolute Gasteiger partial charge is 0.388 e. The van der Waals surface area contributed by atoms with E-state index in [2.05, 4.69) is 34.9 Å². The van der Waals surface area contributed by atoms with E-state index in [1.165, 1.54) is 16.7 Å². The van der Waals surface area contributed by atoms with Gasteiger partial charge in [0.1, 0.15) is 0 Å². The molecule has 0 saturated carbocycles. The van der Waals surface area contributed by atoms with Crippen molar-refractivity contribution in [2.24, 2.45) is 0 Å². The first-order valence-corrected chi connectivity index (χ1v) is 8.33. The van der Waals surface area contributed by atoms with Crippen LogP contribution in [0.15, 0.2) is 36.4 Å². The Hall–Kier alpha value is -1.22. The summed E-state index contributed by atoms with van der Waals surface area (Å²) in [6.07, 6.45) is 2.22. The normalized spacial score (nSPS) is 20.5. The topological polar surface area (TPSA) is 24.1 Å². The van der Waals surface area contributed by atoms with Gasteiger partial charge in [-0.1, -0.05) is 35.3 Å². The highest BCUT2D eigenvalue weighted by atomic mass is 35.5. The minimum atomic E-state index is 0.375. The summed E-state index contributed by atoms with van der Waals surface area (Å²) in [6, 6.07) is 13.0. The van der Waals surface area contributed by atoms with Gasteiger partial charge in [-0.05, 0) is 60.8 Å². The highest BCUT2D eigenvalue weighted by Crippen LogP contribution is 2.43. The van der Waals surface area contributed by atoms with Gasteiger partial charge in [-0.15, -0.1) is 0 Å². The molecule has 0 saturated heterocycles. The summed E-state index contributed by atoms with van der Waals surface area (Å²) in [5, 5.41) is 7.89. The van der Waals surface area contributed by atoms with Crippen molar-refractivity contribution < 1.29 is 0 Å². The molecule has 0 unspecified atom stereocenters. The fourth-order valence-corrected chi connectivity index (χ4v) is 3.68. The standard InChI is InChI=1S/C18H20Cl2N2/c1-21-12-4-5-14-13(6-8-18(22-2)15(14)10-12)11-3-7-16(19)17(20)9-11/h3-5,7,9-10,13,18,21-22H,6,8H2,1-2H3/t13-,18-/m0/s1. The summed E-state index contributed by atoms with van der Waals surface area (Å²) in [4.78, 5) is 0. The lowest BCUT2D eigenvalue weighted by Crippen LogP contribution is -2.24. The van der Waals surface area contributed by atoms with Crippen LogP contribution in [0.25, 0.3) is 0 Å². The van der Waals surface area contributed by atoms with Crippen LogP contribution in [0.2, 0.25) is 10.0 Å². The van der Waals surface area contributed by atoms with Crippen LogP contribution in [0.5, 0.6) is 0 Å². The second-order valence-corrected chi connectivity index (χ2v) is 6.55. The van der Waals surface area contributed by atoms with E-state index in [0.29, 0.717) is 22.0 Å². The van der Waals surface area contributed by atoms with E-state index < -0.39 is 0 Å².